The Morgan fingerprint density at radius 1 is 0.444 bits per heavy atom. The van der Waals surface area contributed by atoms with Crippen molar-refractivity contribution >= 4 is 64.1 Å². The highest BCUT2D eigenvalue weighted by atomic mass is 32.1. The Balaban J connectivity index is 1.25. The van der Waals surface area contributed by atoms with E-state index in [1.54, 1.807) is 0 Å². The molecule has 252 valence electrons. The van der Waals surface area contributed by atoms with Crippen LogP contribution < -0.4 is 0 Å². The van der Waals surface area contributed by atoms with Crippen LogP contribution in [0.4, 0.5) is 0 Å². The fourth-order valence-corrected chi connectivity index (χ4v) is 8.59. The molecule has 8 aromatic carbocycles. The van der Waals surface area contributed by atoms with Gasteiger partial charge in [0, 0.05) is 58.8 Å². The van der Waals surface area contributed by atoms with Crippen molar-refractivity contribution in [1.29, 1.82) is 0 Å². The monoisotopic (exact) mass is 712 g/mol. The summed E-state index contributed by atoms with van der Waals surface area (Å²) in [6, 6.07) is 46.8. The number of hydrogen-bond acceptors (Lipinski definition) is 4. The summed E-state index contributed by atoms with van der Waals surface area (Å²) in [5.74, 6) is 1.40. The molecule has 0 fully saturated rings. The largest absolute Gasteiger partial charge is 0.309 e. The number of para-hydroxylation sites is 2. The molecule has 0 N–H and O–H groups in total. The molecule has 54 heavy (non-hydrogen) atoms. The Kier molecular flexibility index (Phi) is 5.73. The predicted octanol–water partition coefficient (Wildman–Crippen LogP) is 13.2. The highest BCUT2D eigenvalue weighted by Crippen LogP contribution is 2.44. The fourth-order valence-electron chi connectivity index (χ4n) is 7.49. The van der Waals surface area contributed by atoms with Gasteiger partial charge in [0.2, 0.25) is 0 Å². The normalized spacial score (nSPS) is 13.3. The third-order valence-corrected chi connectivity index (χ3v) is 11.1. The molecule has 3 heterocycles. The van der Waals surface area contributed by atoms with E-state index in [4.69, 9.17) is 20.4 Å². The predicted molar refractivity (Wildman–Crippen MR) is 226 cm³/mol. The summed E-state index contributed by atoms with van der Waals surface area (Å²) in [7, 11) is 0. The van der Waals surface area contributed by atoms with Gasteiger partial charge in [0.15, 0.2) is 17.5 Å². The van der Waals surface area contributed by atoms with E-state index in [9.17, 15) is 2.74 Å². The van der Waals surface area contributed by atoms with Gasteiger partial charge in [-0.1, -0.05) is 139 Å². The third kappa shape index (κ3) is 4.94. The minimum absolute atomic E-state index is 0.0619. The SMILES string of the molecule is [2H]c1cc([2H])c2sc3c(-c4cc(-c5nc(-c6ccccc6)nc(-c6ccc7ccccc7c6)n5)ccc4-n4c5ccccc5c5ccccc54)c([2H])c([2H])c([2H])c3c2c1[2H]. The molecule has 0 saturated carbocycles. The zero-order valence-electron chi connectivity index (χ0n) is 34.6. The standard InChI is InChI=1S/C49H30N4S/c1-2-14-32(15-3-1)47-50-48(34-26-25-31-13-4-5-16-33(31)29-34)52-49(51-47)35-27-28-44(53-42-22-9-6-17-36(42)37-18-7-10-23-43(37)53)41(30-35)40-21-12-20-39-38-19-8-11-24-45(38)54-46(39)40/h1-30H/i8D,12D,19D,20D,21D,24D. The number of benzene rings is 8. The maximum Gasteiger partial charge on any atom is 0.164 e. The Hall–Kier alpha value is -6.95. The second kappa shape index (κ2) is 12.3. The minimum atomic E-state index is -0.304. The first-order valence-corrected chi connectivity index (χ1v) is 18.4. The number of nitrogens with zero attached hydrogens (tertiary/aromatic N) is 4. The van der Waals surface area contributed by atoms with Crippen LogP contribution in [0.25, 0.3) is 104 Å². The molecule has 0 atom stereocenters. The lowest BCUT2D eigenvalue weighted by molar-refractivity contribution is 1.07. The molecule has 11 rings (SSSR count). The zero-order valence-corrected chi connectivity index (χ0v) is 29.4. The fraction of sp³-hybridized carbons (Fsp3) is 0. The van der Waals surface area contributed by atoms with Gasteiger partial charge in [0.25, 0.3) is 0 Å². The molecule has 4 nitrogen and oxygen atoms in total. The van der Waals surface area contributed by atoms with Crippen molar-refractivity contribution in [3.8, 4) is 51.0 Å². The highest BCUT2D eigenvalue weighted by Gasteiger charge is 2.20. The molecule has 0 saturated heterocycles. The Bertz CT molecular complexity index is 3530. The van der Waals surface area contributed by atoms with Crippen molar-refractivity contribution in [1.82, 2.24) is 19.5 Å². The molecular weight excluding hydrogens is 677 g/mol. The van der Waals surface area contributed by atoms with Crippen LogP contribution in [0.2, 0.25) is 0 Å². The van der Waals surface area contributed by atoms with E-state index in [0.717, 1.165) is 49.4 Å². The summed E-state index contributed by atoms with van der Waals surface area (Å²) < 4.78 is 57.2. The average molecular weight is 713 g/mol. The lowest BCUT2D eigenvalue weighted by atomic mass is 9.98. The first kappa shape index (κ1) is 25.1. The van der Waals surface area contributed by atoms with Crippen molar-refractivity contribution in [2.45, 2.75) is 0 Å². The maximum absolute atomic E-state index is 9.58. The van der Waals surface area contributed by atoms with E-state index in [1.807, 2.05) is 91.0 Å². The Morgan fingerprint density at radius 3 is 1.85 bits per heavy atom. The van der Waals surface area contributed by atoms with E-state index in [-0.39, 0.29) is 41.6 Å². The zero-order chi connectivity index (χ0) is 40.8. The second-order valence-electron chi connectivity index (χ2n) is 13.2. The van der Waals surface area contributed by atoms with Crippen LogP contribution in [-0.4, -0.2) is 19.5 Å². The van der Waals surface area contributed by atoms with Gasteiger partial charge in [-0.15, -0.1) is 11.3 Å². The van der Waals surface area contributed by atoms with Crippen LogP contribution in [0.3, 0.4) is 0 Å². The molecule has 0 unspecified atom stereocenters. The average Bonchev–Trinajstić information content (AvgIpc) is 3.85. The molecule has 0 aliphatic heterocycles. The van der Waals surface area contributed by atoms with Gasteiger partial charge in [-0.05, 0) is 53.2 Å². The first-order valence-electron chi connectivity index (χ1n) is 20.6. The van der Waals surface area contributed by atoms with Crippen molar-refractivity contribution in [2.24, 2.45) is 0 Å². The second-order valence-corrected chi connectivity index (χ2v) is 14.2. The van der Waals surface area contributed by atoms with Gasteiger partial charge in [-0.2, -0.15) is 0 Å². The number of thiophene rings is 1. The van der Waals surface area contributed by atoms with E-state index < -0.39 is 0 Å². The van der Waals surface area contributed by atoms with Crippen molar-refractivity contribution in [2.75, 3.05) is 0 Å². The van der Waals surface area contributed by atoms with E-state index >= 15 is 0 Å². The number of aromatic nitrogens is 4. The van der Waals surface area contributed by atoms with Gasteiger partial charge in [0.1, 0.15) is 0 Å². The van der Waals surface area contributed by atoms with E-state index in [2.05, 4.69) is 53.1 Å². The number of rotatable bonds is 5. The Labute approximate surface area is 323 Å². The molecule has 0 spiro atoms. The quantitative estimate of drug-likeness (QED) is 0.178. The summed E-state index contributed by atoms with van der Waals surface area (Å²) in [6.45, 7) is 0. The molecule has 5 heteroatoms. The smallest absolute Gasteiger partial charge is 0.164 e. The highest BCUT2D eigenvalue weighted by molar-refractivity contribution is 7.26. The summed E-state index contributed by atoms with van der Waals surface area (Å²) in [6.07, 6.45) is 0. The molecule has 3 aromatic heterocycles. The molecule has 11 aromatic rings. The van der Waals surface area contributed by atoms with Crippen LogP contribution in [0.1, 0.15) is 8.22 Å². The van der Waals surface area contributed by atoms with Crippen LogP contribution in [0.15, 0.2) is 182 Å². The first-order chi connectivity index (χ1) is 29.2. The summed E-state index contributed by atoms with van der Waals surface area (Å²) >= 11 is 1.22. The number of hydrogen-bond donors (Lipinski definition) is 0. The third-order valence-electron chi connectivity index (χ3n) is 10.0. The van der Waals surface area contributed by atoms with E-state index in [1.165, 1.54) is 17.4 Å². The van der Waals surface area contributed by atoms with Crippen LogP contribution >= 0.6 is 11.3 Å². The van der Waals surface area contributed by atoms with Crippen molar-refractivity contribution in [3.05, 3.63) is 182 Å². The van der Waals surface area contributed by atoms with Gasteiger partial charge in [-0.25, -0.2) is 15.0 Å². The molecule has 0 aliphatic carbocycles. The van der Waals surface area contributed by atoms with Gasteiger partial charge in [-0.3, -0.25) is 0 Å². The van der Waals surface area contributed by atoms with Gasteiger partial charge >= 0.3 is 0 Å². The molecule has 0 amide bonds. The lowest BCUT2D eigenvalue weighted by Crippen LogP contribution is -2.02. The number of fused-ring (bicyclic) bond motifs is 7. The van der Waals surface area contributed by atoms with Gasteiger partial charge < -0.3 is 4.57 Å². The van der Waals surface area contributed by atoms with Gasteiger partial charge in [0.05, 0.1) is 24.9 Å². The summed E-state index contributed by atoms with van der Waals surface area (Å²) in [4.78, 5) is 15.2. The van der Waals surface area contributed by atoms with Crippen LogP contribution in [-0.2, 0) is 0 Å². The summed E-state index contributed by atoms with van der Waals surface area (Å²) in [5, 5.41) is 4.84. The minimum Gasteiger partial charge on any atom is -0.309 e. The molecule has 0 bridgehead atoms. The lowest BCUT2D eigenvalue weighted by Gasteiger charge is -2.17. The van der Waals surface area contributed by atoms with Crippen LogP contribution in [0.5, 0.6) is 0 Å². The Morgan fingerprint density at radius 2 is 1.07 bits per heavy atom. The topological polar surface area (TPSA) is 43.6 Å². The summed E-state index contributed by atoms with van der Waals surface area (Å²) in [5.41, 5.74) is 5.89. The molecular formula is C49H30N4S. The maximum atomic E-state index is 9.58. The van der Waals surface area contributed by atoms with Crippen LogP contribution in [0, 0.1) is 0 Å². The molecule has 0 aliphatic rings. The van der Waals surface area contributed by atoms with E-state index in [0.29, 0.717) is 48.9 Å². The van der Waals surface area contributed by atoms with Crippen molar-refractivity contribution < 1.29 is 8.22 Å². The van der Waals surface area contributed by atoms with Crippen molar-refractivity contribution in [3.63, 3.8) is 0 Å². The molecule has 0 radical (unpaired) electrons.